The number of hydrogen-bond acceptors (Lipinski definition) is 8. The SMILES string of the molecule is CCC/C=C\C/C=C\C/C=C\C(CC(=O)CCCC(=O)O)SC[C@H](NC(=O)CC[C@H](N)C(=O)O)C(=O)NCC(=O)O. The zero-order valence-corrected chi connectivity index (χ0v) is 24.3. The van der Waals surface area contributed by atoms with Crippen LogP contribution in [0.4, 0.5) is 0 Å². The molecule has 12 nitrogen and oxygen atoms in total. The normalized spacial score (nSPS) is 13.7. The molecule has 0 aromatic rings. The summed E-state index contributed by atoms with van der Waals surface area (Å²) in [6.07, 6.45) is 15.2. The Labute approximate surface area is 244 Å². The first-order valence-corrected chi connectivity index (χ1v) is 14.6. The summed E-state index contributed by atoms with van der Waals surface area (Å²) in [7, 11) is 0. The highest BCUT2D eigenvalue weighted by Crippen LogP contribution is 2.20. The van der Waals surface area contributed by atoms with E-state index >= 15 is 0 Å². The van der Waals surface area contributed by atoms with Crippen LogP contribution in [-0.2, 0) is 28.8 Å². The number of Topliss-reactive ketones (excluding diaryl/α,β-unsaturated/α-hetero) is 1. The predicted molar refractivity (Wildman–Crippen MR) is 156 cm³/mol. The van der Waals surface area contributed by atoms with Crippen LogP contribution in [0.15, 0.2) is 36.5 Å². The zero-order valence-electron chi connectivity index (χ0n) is 23.5. The lowest BCUT2D eigenvalue weighted by atomic mass is 10.1. The van der Waals surface area contributed by atoms with Gasteiger partial charge >= 0.3 is 17.9 Å². The van der Waals surface area contributed by atoms with Gasteiger partial charge in [-0.15, -0.1) is 0 Å². The fraction of sp³-hybridized carbons (Fsp3) is 0.571. The first-order valence-electron chi connectivity index (χ1n) is 13.5. The molecule has 0 fully saturated rings. The van der Waals surface area contributed by atoms with Crippen LogP contribution in [0.3, 0.4) is 0 Å². The molecule has 0 heterocycles. The lowest BCUT2D eigenvalue weighted by Gasteiger charge is -2.20. The summed E-state index contributed by atoms with van der Waals surface area (Å²) in [5, 5.41) is 30.9. The molecule has 0 saturated carbocycles. The van der Waals surface area contributed by atoms with Gasteiger partial charge in [0.15, 0.2) is 0 Å². The summed E-state index contributed by atoms with van der Waals surface area (Å²) in [6, 6.07) is -2.40. The third-order valence-electron chi connectivity index (χ3n) is 5.50. The van der Waals surface area contributed by atoms with E-state index in [0.29, 0.717) is 6.42 Å². The van der Waals surface area contributed by atoms with Crippen LogP contribution in [0.25, 0.3) is 0 Å². The molecular formula is C28H43N3O9S. The van der Waals surface area contributed by atoms with Crippen LogP contribution in [0.2, 0.25) is 0 Å². The summed E-state index contributed by atoms with van der Waals surface area (Å²) < 4.78 is 0. The van der Waals surface area contributed by atoms with Gasteiger partial charge < -0.3 is 31.7 Å². The van der Waals surface area contributed by atoms with Gasteiger partial charge in [-0.05, 0) is 32.1 Å². The number of thioether (sulfide) groups is 1. The molecule has 7 N–H and O–H groups in total. The number of unbranched alkanes of at least 4 members (excludes halogenated alkanes) is 1. The number of hydrogen-bond donors (Lipinski definition) is 6. The van der Waals surface area contributed by atoms with E-state index in [1.165, 1.54) is 11.8 Å². The number of ketones is 1. The zero-order chi connectivity index (χ0) is 31.0. The van der Waals surface area contributed by atoms with Crippen molar-refractivity contribution in [2.75, 3.05) is 12.3 Å². The van der Waals surface area contributed by atoms with E-state index in [2.05, 4.69) is 29.7 Å². The van der Waals surface area contributed by atoms with Crippen LogP contribution >= 0.6 is 11.8 Å². The van der Waals surface area contributed by atoms with Gasteiger partial charge in [0.1, 0.15) is 24.4 Å². The summed E-state index contributed by atoms with van der Waals surface area (Å²) >= 11 is 1.21. The van der Waals surface area contributed by atoms with Crippen LogP contribution in [0, 0.1) is 0 Å². The van der Waals surface area contributed by atoms with Crippen molar-refractivity contribution >= 4 is 47.3 Å². The minimum Gasteiger partial charge on any atom is -0.481 e. The van der Waals surface area contributed by atoms with Gasteiger partial charge in [-0.3, -0.25) is 28.8 Å². The molecule has 0 aromatic heterocycles. The number of carbonyl (C=O) groups excluding carboxylic acids is 3. The van der Waals surface area contributed by atoms with Crippen LogP contribution in [0.1, 0.15) is 71.1 Å². The number of aliphatic carboxylic acids is 3. The average molecular weight is 598 g/mol. The van der Waals surface area contributed by atoms with E-state index in [0.717, 1.165) is 19.3 Å². The first-order chi connectivity index (χ1) is 19.5. The van der Waals surface area contributed by atoms with Gasteiger partial charge in [0.05, 0.1) is 0 Å². The summed E-state index contributed by atoms with van der Waals surface area (Å²) in [4.78, 5) is 70.1. The van der Waals surface area contributed by atoms with E-state index in [9.17, 15) is 28.8 Å². The Bertz CT molecular complexity index is 950. The minimum atomic E-state index is -1.27. The number of rotatable bonds is 24. The molecule has 0 spiro atoms. The maximum atomic E-state index is 12.6. The molecule has 2 amide bonds. The molecule has 230 valence electrons. The van der Waals surface area contributed by atoms with E-state index in [-0.39, 0.29) is 50.1 Å². The molecule has 0 aliphatic rings. The molecule has 0 radical (unpaired) electrons. The molecule has 0 aliphatic heterocycles. The Kier molecular flexibility index (Phi) is 21.3. The van der Waals surface area contributed by atoms with Crippen molar-refractivity contribution in [3.63, 3.8) is 0 Å². The highest BCUT2D eigenvalue weighted by atomic mass is 32.2. The second kappa shape index (κ2) is 23.3. The van der Waals surface area contributed by atoms with Crippen LogP contribution < -0.4 is 16.4 Å². The Balaban J connectivity index is 5.38. The van der Waals surface area contributed by atoms with E-state index in [4.69, 9.17) is 21.1 Å². The molecule has 0 rings (SSSR count). The largest absolute Gasteiger partial charge is 0.481 e. The van der Waals surface area contributed by atoms with Crippen LogP contribution in [-0.4, -0.2) is 80.5 Å². The number of amides is 2. The van der Waals surface area contributed by atoms with Crippen molar-refractivity contribution in [1.29, 1.82) is 0 Å². The monoisotopic (exact) mass is 597 g/mol. The maximum Gasteiger partial charge on any atom is 0.322 e. The summed E-state index contributed by atoms with van der Waals surface area (Å²) in [6.45, 7) is 1.44. The smallest absolute Gasteiger partial charge is 0.322 e. The third kappa shape index (κ3) is 22.0. The van der Waals surface area contributed by atoms with Crippen molar-refractivity contribution in [1.82, 2.24) is 10.6 Å². The highest BCUT2D eigenvalue weighted by molar-refractivity contribution is 8.00. The Morgan fingerprint density at radius 3 is 2.15 bits per heavy atom. The van der Waals surface area contributed by atoms with Gasteiger partial charge in [0, 0.05) is 36.7 Å². The van der Waals surface area contributed by atoms with E-state index in [1.54, 1.807) is 0 Å². The number of carboxylic acid groups (broad SMARTS) is 3. The minimum absolute atomic E-state index is 0.00233. The number of nitrogens with two attached hydrogens (primary N) is 1. The molecule has 13 heteroatoms. The second-order valence-electron chi connectivity index (χ2n) is 9.21. The van der Waals surface area contributed by atoms with Crippen molar-refractivity contribution in [2.45, 2.75) is 88.5 Å². The molecule has 3 atom stereocenters. The quantitative estimate of drug-likeness (QED) is 0.0889. The summed E-state index contributed by atoms with van der Waals surface area (Å²) in [5.41, 5.74) is 5.43. The number of carbonyl (C=O) groups is 6. The lowest BCUT2D eigenvalue weighted by Crippen LogP contribution is -2.49. The van der Waals surface area contributed by atoms with Crippen molar-refractivity contribution < 1.29 is 44.1 Å². The van der Waals surface area contributed by atoms with Crippen LogP contribution in [0.5, 0.6) is 0 Å². The molecule has 0 aliphatic carbocycles. The number of nitrogens with one attached hydrogen (secondary N) is 2. The summed E-state index contributed by atoms with van der Waals surface area (Å²) in [5.74, 6) is -5.06. The third-order valence-corrected chi connectivity index (χ3v) is 6.78. The maximum absolute atomic E-state index is 12.6. The Morgan fingerprint density at radius 2 is 1.54 bits per heavy atom. The van der Waals surface area contributed by atoms with Gasteiger partial charge in [-0.25, -0.2) is 0 Å². The standard InChI is InChI=1S/C28H43N3O9S/c1-2-3-4-5-6-7-8-9-10-13-21(17-20(32)12-11-14-25(34)35)41-19-23(27(38)30-18-26(36)37)31-24(33)16-15-22(29)28(39)40/h4-5,7-8,10,13,21-23H,2-3,6,9,11-12,14-19,29H2,1H3,(H,30,38)(H,31,33)(H,34,35)(H,36,37)(H,39,40)/b5-4-,8-7-,13-10-/t21?,22-,23-/m0/s1. The van der Waals surface area contributed by atoms with Gasteiger partial charge in [-0.2, -0.15) is 11.8 Å². The van der Waals surface area contributed by atoms with Gasteiger partial charge in [0.2, 0.25) is 11.8 Å². The molecule has 0 aromatic carbocycles. The second-order valence-corrected chi connectivity index (χ2v) is 10.5. The fourth-order valence-corrected chi connectivity index (χ4v) is 4.47. The Hall–Kier alpha value is -3.45. The van der Waals surface area contributed by atoms with Crippen molar-refractivity contribution in [3.8, 4) is 0 Å². The lowest BCUT2D eigenvalue weighted by molar-refractivity contribution is -0.139. The molecule has 0 saturated heterocycles. The number of carboxylic acids is 3. The Morgan fingerprint density at radius 1 is 0.878 bits per heavy atom. The predicted octanol–water partition coefficient (Wildman–Crippen LogP) is 2.43. The van der Waals surface area contributed by atoms with Crippen molar-refractivity contribution in [2.24, 2.45) is 5.73 Å². The molecular weight excluding hydrogens is 554 g/mol. The molecule has 0 bridgehead atoms. The first kappa shape index (κ1) is 37.6. The topological polar surface area (TPSA) is 213 Å². The average Bonchev–Trinajstić information content (AvgIpc) is 2.90. The van der Waals surface area contributed by atoms with Gasteiger partial charge in [-0.1, -0.05) is 49.8 Å². The van der Waals surface area contributed by atoms with Gasteiger partial charge in [0.25, 0.3) is 0 Å². The van der Waals surface area contributed by atoms with E-state index in [1.807, 2.05) is 24.3 Å². The fourth-order valence-electron chi connectivity index (χ4n) is 3.27. The molecule has 41 heavy (non-hydrogen) atoms. The van der Waals surface area contributed by atoms with Crippen molar-refractivity contribution in [3.05, 3.63) is 36.5 Å². The van der Waals surface area contributed by atoms with E-state index < -0.39 is 53.6 Å². The molecule has 1 unspecified atom stereocenters. The highest BCUT2D eigenvalue weighted by Gasteiger charge is 2.24. The number of allylic oxidation sites excluding steroid dienone is 5.